The van der Waals surface area contributed by atoms with E-state index in [1.54, 1.807) is 6.92 Å². The first-order chi connectivity index (χ1) is 9.65. The second kappa shape index (κ2) is 7.59. The van der Waals surface area contributed by atoms with Gasteiger partial charge in [-0.25, -0.2) is 0 Å². The standard InChI is InChI=1S/C14H26N4O2/c1-12(19)16-13-3-8-17(9-4-13)11-14(20)18-7-2-5-15-6-10-18/h13,15H,2-11H2,1H3,(H,16,19). The fraction of sp³-hybridized carbons (Fsp3) is 0.857. The Morgan fingerprint density at radius 2 is 1.90 bits per heavy atom. The first kappa shape index (κ1) is 15.3. The Bertz CT molecular complexity index is 332. The van der Waals surface area contributed by atoms with Crippen LogP contribution in [0.4, 0.5) is 0 Å². The van der Waals surface area contributed by atoms with E-state index in [1.165, 1.54) is 0 Å². The molecule has 2 N–H and O–H groups in total. The molecule has 2 fully saturated rings. The van der Waals surface area contributed by atoms with Crippen LogP contribution < -0.4 is 10.6 Å². The average molecular weight is 282 g/mol. The lowest BCUT2D eigenvalue weighted by Crippen LogP contribution is -2.48. The highest BCUT2D eigenvalue weighted by molar-refractivity contribution is 5.78. The van der Waals surface area contributed by atoms with Crippen molar-refractivity contribution in [1.29, 1.82) is 0 Å². The molecule has 0 unspecified atom stereocenters. The summed E-state index contributed by atoms with van der Waals surface area (Å²) in [6, 6.07) is 0.279. The lowest BCUT2D eigenvalue weighted by molar-refractivity contribution is -0.132. The Hall–Kier alpha value is -1.14. The van der Waals surface area contributed by atoms with Crippen LogP contribution in [0, 0.1) is 0 Å². The number of hydrogen-bond acceptors (Lipinski definition) is 4. The van der Waals surface area contributed by atoms with Gasteiger partial charge in [0.15, 0.2) is 0 Å². The molecule has 0 atom stereocenters. The molecule has 2 amide bonds. The minimum Gasteiger partial charge on any atom is -0.354 e. The molecule has 6 heteroatoms. The van der Waals surface area contributed by atoms with Gasteiger partial charge in [0.1, 0.15) is 0 Å². The summed E-state index contributed by atoms with van der Waals surface area (Å²) >= 11 is 0. The summed E-state index contributed by atoms with van der Waals surface area (Å²) in [7, 11) is 0. The summed E-state index contributed by atoms with van der Waals surface area (Å²) in [6.45, 7) is 7.46. The van der Waals surface area contributed by atoms with E-state index in [2.05, 4.69) is 15.5 Å². The van der Waals surface area contributed by atoms with Crippen molar-refractivity contribution in [2.45, 2.75) is 32.2 Å². The molecule has 114 valence electrons. The normalized spacial score (nSPS) is 22.4. The third kappa shape index (κ3) is 4.76. The smallest absolute Gasteiger partial charge is 0.236 e. The molecule has 0 aliphatic carbocycles. The van der Waals surface area contributed by atoms with Crippen molar-refractivity contribution in [2.24, 2.45) is 0 Å². The minimum absolute atomic E-state index is 0.0385. The molecule has 0 aromatic rings. The molecule has 2 aliphatic rings. The van der Waals surface area contributed by atoms with Gasteiger partial charge in [-0.05, 0) is 25.8 Å². The van der Waals surface area contributed by atoms with Crippen molar-refractivity contribution in [1.82, 2.24) is 20.4 Å². The first-order valence-electron chi connectivity index (χ1n) is 7.63. The van der Waals surface area contributed by atoms with Crippen LogP contribution >= 0.6 is 0 Å². The Morgan fingerprint density at radius 3 is 2.60 bits per heavy atom. The molecule has 0 saturated carbocycles. The van der Waals surface area contributed by atoms with E-state index in [0.29, 0.717) is 6.54 Å². The number of piperidine rings is 1. The van der Waals surface area contributed by atoms with E-state index in [4.69, 9.17) is 0 Å². The molecule has 2 rings (SSSR count). The van der Waals surface area contributed by atoms with Gasteiger partial charge in [-0.2, -0.15) is 0 Å². The van der Waals surface area contributed by atoms with E-state index in [9.17, 15) is 9.59 Å². The lowest BCUT2D eigenvalue weighted by Gasteiger charge is -2.33. The van der Waals surface area contributed by atoms with Crippen LogP contribution in [0.15, 0.2) is 0 Å². The summed E-state index contributed by atoms with van der Waals surface area (Å²) in [4.78, 5) is 27.5. The number of nitrogens with one attached hydrogen (secondary N) is 2. The average Bonchev–Trinajstić information content (AvgIpc) is 2.69. The third-order valence-electron chi connectivity index (χ3n) is 4.05. The highest BCUT2D eigenvalue weighted by atomic mass is 16.2. The van der Waals surface area contributed by atoms with Gasteiger partial charge in [0.05, 0.1) is 6.54 Å². The molecule has 2 aliphatic heterocycles. The van der Waals surface area contributed by atoms with E-state index in [1.807, 2.05) is 4.90 Å². The van der Waals surface area contributed by atoms with Crippen LogP contribution in [-0.2, 0) is 9.59 Å². The molecule has 0 aromatic carbocycles. The summed E-state index contributed by atoms with van der Waals surface area (Å²) in [6.07, 6.45) is 2.92. The van der Waals surface area contributed by atoms with Crippen molar-refractivity contribution < 1.29 is 9.59 Å². The minimum atomic E-state index is 0.0385. The molecule has 0 radical (unpaired) electrons. The van der Waals surface area contributed by atoms with E-state index in [-0.39, 0.29) is 17.9 Å². The maximum atomic E-state index is 12.3. The van der Waals surface area contributed by atoms with Gasteiger partial charge in [-0.1, -0.05) is 0 Å². The Morgan fingerprint density at radius 1 is 1.15 bits per heavy atom. The summed E-state index contributed by atoms with van der Waals surface area (Å²) in [5.74, 6) is 0.281. The number of carbonyl (C=O) groups is 2. The van der Waals surface area contributed by atoms with Gasteiger partial charge >= 0.3 is 0 Å². The fourth-order valence-corrected chi connectivity index (χ4v) is 2.91. The van der Waals surface area contributed by atoms with E-state index in [0.717, 1.165) is 58.5 Å². The van der Waals surface area contributed by atoms with Gasteiger partial charge in [-0.3, -0.25) is 14.5 Å². The van der Waals surface area contributed by atoms with Gasteiger partial charge < -0.3 is 15.5 Å². The van der Waals surface area contributed by atoms with Crippen LogP contribution in [0.2, 0.25) is 0 Å². The number of likely N-dealkylation sites (tertiary alicyclic amines) is 1. The number of amides is 2. The number of rotatable bonds is 3. The first-order valence-corrected chi connectivity index (χ1v) is 7.63. The van der Waals surface area contributed by atoms with Gasteiger partial charge in [0, 0.05) is 45.7 Å². The topological polar surface area (TPSA) is 64.7 Å². The van der Waals surface area contributed by atoms with Crippen molar-refractivity contribution in [3.63, 3.8) is 0 Å². The highest BCUT2D eigenvalue weighted by Gasteiger charge is 2.23. The van der Waals surface area contributed by atoms with Crippen molar-refractivity contribution in [2.75, 3.05) is 45.8 Å². The van der Waals surface area contributed by atoms with Crippen LogP contribution in [0.25, 0.3) is 0 Å². The zero-order valence-electron chi connectivity index (χ0n) is 12.4. The third-order valence-corrected chi connectivity index (χ3v) is 4.05. The second-order valence-corrected chi connectivity index (χ2v) is 5.74. The molecule has 2 saturated heterocycles. The Labute approximate surface area is 120 Å². The van der Waals surface area contributed by atoms with Gasteiger partial charge in [0.2, 0.25) is 11.8 Å². The van der Waals surface area contributed by atoms with Crippen molar-refractivity contribution in [3.8, 4) is 0 Å². The lowest BCUT2D eigenvalue weighted by atomic mass is 10.1. The number of carbonyl (C=O) groups excluding carboxylic acids is 2. The maximum absolute atomic E-state index is 12.3. The number of nitrogens with zero attached hydrogens (tertiary/aromatic N) is 2. The quantitative estimate of drug-likeness (QED) is 0.726. The summed E-state index contributed by atoms with van der Waals surface area (Å²) < 4.78 is 0. The Kier molecular flexibility index (Phi) is 5.79. The van der Waals surface area contributed by atoms with Crippen molar-refractivity contribution >= 4 is 11.8 Å². The zero-order chi connectivity index (χ0) is 14.4. The molecule has 6 nitrogen and oxygen atoms in total. The predicted octanol–water partition coefficient (Wildman–Crippen LogP) is -0.591. The monoisotopic (exact) mass is 282 g/mol. The van der Waals surface area contributed by atoms with Crippen LogP contribution in [0.1, 0.15) is 26.2 Å². The highest BCUT2D eigenvalue weighted by Crippen LogP contribution is 2.10. The van der Waals surface area contributed by atoms with Crippen LogP contribution in [0.3, 0.4) is 0 Å². The van der Waals surface area contributed by atoms with Crippen LogP contribution in [0.5, 0.6) is 0 Å². The molecular formula is C14H26N4O2. The number of hydrogen-bond donors (Lipinski definition) is 2. The second-order valence-electron chi connectivity index (χ2n) is 5.74. The SMILES string of the molecule is CC(=O)NC1CCN(CC(=O)N2CCCNCC2)CC1. The molecule has 20 heavy (non-hydrogen) atoms. The van der Waals surface area contributed by atoms with E-state index < -0.39 is 0 Å². The molecule has 0 aromatic heterocycles. The fourth-order valence-electron chi connectivity index (χ4n) is 2.91. The molecule has 0 bridgehead atoms. The predicted molar refractivity (Wildman–Crippen MR) is 77.3 cm³/mol. The molecule has 2 heterocycles. The summed E-state index contributed by atoms with van der Waals surface area (Å²) in [5, 5.41) is 6.27. The van der Waals surface area contributed by atoms with Gasteiger partial charge in [0.25, 0.3) is 0 Å². The molecule has 0 spiro atoms. The zero-order valence-corrected chi connectivity index (χ0v) is 12.4. The van der Waals surface area contributed by atoms with E-state index >= 15 is 0 Å². The van der Waals surface area contributed by atoms with Crippen molar-refractivity contribution in [3.05, 3.63) is 0 Å². The summed E-state index contributed by atoms with van der Waals surface area (Å²) in [5.41, 5.74) is 0. The largest absolute Gasteiger partial charge is 0.354 e. The van der Waals surface area contributed by atoms with Gasteiger partial charge in [-0.15, -0.1) is 0 Å². The maximum Gasteiger partial charge on any atom is 0.236 e. The molecular weight excluding hydrogens is 256 g/mol. The van der Waals surface area contributed by atoms with Crippen LogP contribution in [-0.4, -0.2) is 73.5 Å². The Balaban J connectivity index is 1.71.